The van der Waals surface area contributed by atoms with E-state index in [4.69, 9.17) is 11.6 Å². The van der Waals surface area contributed by atoms with E-state index in [1.165, 1.54) is 0 Å². The molecule has 0 saturated carbocycles. The highest BCUT2D eigenvalue weighted by Crippen LogP contribution is 2.21. The summed E-state index contributed by atoms with van der Waals surface area (Å²) in [6, 6.07) is 3.59. The first kappa shape index (κ1) is 7.82. The standard InChI is InChI=1S/C6H6BrClN2/c1-9-5-3-2-4(8)6(7)10-5/h2-3H,1H3,(H,9,10). The molecule has 2 nitrogen and oxygen atoms in total. The molecule has 0 aliphatic rings. The van der Waals surface area contributed by atoms with E-state index in [-0.39, 0.29) is 0 Å². The van der Waals surface area contributed by atoms with Crippen molar-refractivity contribution in [2.45, 2.75) is 0 Å². The van der Waals surface area contributed by atoms with E-state index in [0.29, 0.717) is 9.63 Å². The van der Waals surface area contributed by atoms with Crippen LogP contribution in [0.5, 0.6) is 0 Å². The Morgan fingerprint density at radius 3 is 2.80 bits per heavy atom. The molecule has 1 N–H and O–H groups in total. The lowest BCUT2D eigenvalue weighted by atomic mass is 10.5. The molecule has 0 fully saturated rings. The van der Waals surface area contributed by atoms with Crippen LogP contribution in [0.4, 0.5) is 5.82 Å². The number of pyridine rings is 1. The first-order chi connectivity index (χ1) is 4.74. The molecule has 4 heteroatoms. The maximum Gasteiger partial charge on any atom is 0.127 e. The van der Waals surface area contributed by atoms with E-state index in [0.717, 1.165) is 5.82 Å². The Labute approximate surface area is 72.7 Å². The molecule has 10 heavy (non-hydrogen) atoms. The van der Waals surface area contributed by atoms with E-state index in [2.05, 4.69) is 26.2 Å². The Bertz CT molecular complexity index is 239. The first-order valence-corrected chi connectivity index (χ1v) is 3.91. The number of hydrogen-bond acceptors (Lipinski definition) is 2. The van der Waals surface area contributed by atoms with Crippen LogP contribution < -0.4 is 5.32 Å². The van der Waals surface area contributed by atoms with Gasteiger partial charge in [0.05, 0.1) is 5.02 Å². The van der Waals surface area contributed by atoms with Gasteiger partial charge in [0.2, 0.25) is 0 Å². The van der Waals surface area contributed by atoms with Crippen LogP contribution in [0.2, 0.25) is 5.02 Å². The van der Waals surface area contributed by atoms with Gasteiger partial charge in [-0.2, -0.15) is 0 Å². The summed E-state index contributed by atoms with van der Waals surface area (Å²) < 4.78 is 0.668. The molecule has 0 bridgehead atoms. The highest BCUT2D eigenvalue weighted by Gasteiger charge is 1.97. The molecule has 1 heterocycles. The van der Waals surface area contributed by atoms with Gasteiger partial charge in [-0.25, -0.2) is 4.98 Å². The molecule has 0 unspecified atom stereocenters. The Hall–Kier alpha value is -0.280. The van der Waals surface area contributed by atoms with Crippen LogP contribution in [0.1, 0.15) is 0 Å². The third kappa shape index (κ3) is 1.61. The van der Waals surface area contributed by atoms with Gasteiger partial charge in [0.1, 0.15) is 10.4 Å². The maximum atomic E-state index is 5.70. The summed E-state index contributed by atoms with van der Waals surface area (Å²) in [5.74, 6) is 0.802. The quantitative estimate of drug-likeness (QED) is 0.737. The molecule has 1 aromatic heterocycles. The zero-order valence-corrected chi connectivity index (χ0v) is 7.70. The van der Waals surface area contributed by atoms with E-state index in [1.54, 1.807) is 6.07 Å². The summed E-state index contributed by atoms with van der Waals surface area (Å²) in [5, 5.41) is 3.52. The van der Waals surface area contributed by atoms with Crippen molar-refractivity contribution in [3.63, 3.8) is 0 Å². The number of aromatic nitrogens is 1. The summed E-state index contributed by atoms with van der Waals surface area (Å²) in [6.07, 6.45) is 0. The average Bonchev–Trinajstić information content (AvgIpc) is 1.95. The molecular weight excluding hydrogens is 215 g/mol. The van der Waals surface area contributed by atoms with Crippen molar-refractivity contribution in [1.29, 1.82) is 0 Å². The summed E-state index contributed by atoms with van der Waals surface area (Å²) in [7, 11) is 1.81. The number of halogens is 2. The van der Waals surface area contributed by atoms with Crippen molar-refractivity contribution in [3.05, 3.63) is 21.8 Å². The van der Waals surface area contributed by atoms with Crippen LogP contribution in [0.3, 0.4) is 0 Å². The smallest absolute Gasteiger partial charge is 0.127 e. The molecule has 0 atom stereocenters. The second-order valence-corrected chi connectivity index (χ2v) is 2.88. The Morgan fingerprint density at radius 1 is 1.60 bits per heavy atom. The predicted molar refractivity (Wildman–Crippen MR) is 46.5 cm³/mol. The highest BCUT2D eigenvalue weighted by molar-refractivity contribution is 9.10. The lowest BCUT2D eigenvalue weighted by Crippen LogP contribution is -1.91. The summed E-state index contributed by atoms with van der Waals surface area (Å²) in [5.41, 5.74) is 0. The molecule has 0 spiro atoms. The van der Waals surface area contributed by atoms with E-state index >= 15 is 0 Å². The molecule has 54 valence electrons. The molecular formula is C6H6BrClN2. The third-order valence-electron chi connectivity index (χ3n) is 1.06. The Kier molecular flexibility index (Phi) is 2.51. The second kappa shape index (κ2) is 3.21. The molecule has 0 radical (unpaired) electrons. The summed E-state index contributed by atoms with van der Waals surface area (Å²) in [4.78, 5) is 4.06. The van der Waals surface area contributed by atoms with Gasteiger partial charge in [-0.15, -0.1) is 0 Å². The first-order valence-electron chi connectivity index (χ1n) is 2.74. The van der Waals surface area contributed by atoms with E-state index in [1.807, 2.05) is 13.1 Å². The fourth-order valence-corrected chi connectivity index (χ4v) is 0.985. The van der Waals surface area contributed by atoms with Gasteiger partial charge < -0.3 is 5.32 Å². The Balaban J connectivity index is 3.04. The van der Waals surface area contributed by atoms with Gasteiger partial charge in [0.25, 0.3) is 0 Å². The zero-order chi connectivity index (χ0) is 7.56. The van der Waals surface area contributed by atoms with E-state index < -0.39 is 0 Å². The fraction of sp³-hybridized carbons (Fsp3) is 0.167. The second-order valence-electron chi connectivity index (χ2n) is 1.72. The minimum Gasteiger partial charge on any atom is -0.373 e. The molecule has 0 aliphatic carbocycles. The van der Waals surface area contributed by atoms with Crippen LogP contribution in [0.25, 0.3) is 0 Å². The van der Waals surface area contributed by atoms with Crippen molar-refractivity contribution in [2.24, 2.45) is 0 Å². The highest BCUT2D eigenvalue weighted by atomic mass is 79.9. The third-order valence-corrected chi connectivity index (χ3v) is 2.20. The molecule has 0 aliphatic heterocycles. The number of rotatable bonds is 1. The van der Waals surface area contributed by atoms with Crippen molar-refractivity contribution >= 4 is 33.3 Å². The molecule has 0 amide bonds. The molecule has 0 aromatic carbocycles. The fourth-order valence-electron chi connectivity index (χ4n) is 0.557. The predicted octanol–water partition coefficient (Wildman–Crippen LogP) is 2.54. The summed E-state index contributed by atoms with van der Waals surface area (Å²) in [6.45, 7) is 0. The SMILES string of the molecule is CNc1ccc(Cl)c(Br)n1. The van der Waals surface area contributed by atoms with Crippen molar-refractivity contribution in [1.82, 2.24) is 4.98 Å². The molecule has 1 rings (SSSR count). The molecule has 0 saturated heterocycles. The topological polar surface area (TPSA) is 24.9 Å². The van der Waals surface area contributed by atoms with Crippen LogP contribution in [0, 0.1) is 0 Å². The summed E-state index contributed by atoms with van der Waals surface area (Å²) >= 11 is 8.90. The van der Waals surface area contributed by atoms with Gasteiger partial charge in [-0.05, 0) is 28.1 Å². The largest absolute Gasteiger partial charge is 0.373 e. The lowest BCUT2D eigenvalue weighted by Gasteiger charge is -1.99. The van der Waals surface area contributed by atoms with Crippen LogP contribution in [-0.2, 0) is 0 Å². The van der Waals surface area contributed by atoms with Crippen LogP contribution in [-0.4, -0.2) is 12.0 Å². The van der Waals surface area contributed by atoms with Crippen molar-refractivity contribution < 1.29 is 0 Å². The zero-order valence-electron chi connectivity index (χ0n) is 5.36. The van der Waals surface area contributed by atoms with Crippen molar-refractivity contribution in [2.75, 3.05) is 12.4 Å². The van der Waals surface area contributed by atoms with Gasteiger partial charge in [-0.1, -0.05) is 11.6 Å². The number of anilines is 1. The number of nitrogens with one attached hydrogen (secondary N) is 1. The Morgan fingerprint density at radius 2 is 2.30 bits per heavy atom. The maximum absolute atomic E-state index is 5.70. The van der Waals surface area contributed by atoms with Gasteiger partial charge in [0.15, 0.2) is 0 Å². The number of hydrogen-bond donors (Lipinski definition) is 1. The van der Waals surface area contributed by atoms with Gasteiger partial charge in [0, 0.05) is 7.05 Å². The monoisotopic (exact) mass is 220 g/mol. The van der Waals surface area contributed by atoms with Crippen molar-refractivity contribution in [3.8, 4) is 0 Å². The van der Waals surface area contributed by atoms with Crippen LogP contribution in [0.15, 0.2) is 16.7 Å². The van der Waals surface area contributed by atoms with Gasteiger partial charge in [-0.3, -0.25) is 0 Å². The molecule has 1 aromatic rings. The van der Waals surface area contributed by atoms with Crippen LogP contribution >= 0.6 is 27.5 Å². The average molecular weight is 221 g/mol. The van der Waals surface area contributed by atoms with Gasteiger partial charge >= 0.3 is 0 Å². The normalized spacial score (nSPS) is 9.50. The minimum atomic E-state index is 0.624. The lowest BCUT2D eigenvalue weighted by molar-refractivity contribution is 1.25. The van der Waals surface area contributed by atoms with E-state index in [9.17, 15) is 0 Å². The number of nitrogens with zero attached hydrogens (tertiary/aromatic N) is 1. The minimum absolute atomic E-state index is 0.624.